The normalized spacial score (nSPS) is 20.5. The van der Waals surface area contributed by atoms with E-state index in [0.29, 0.717) is 29.8 Å². The lowest BCUT2D eigenvalue weighted by atomic mass is 9.86. The van der Waals surface area contributed by atoms with Crippen LogP contribution >= 0.6 is 11.3 Å². The third-order valence-electron chi connectivity index (χ3n) is 5.18. The Morgan fingerprint density at radius 3 is 2.64 bits per heavy atom. The Hall–Kier alpha value is -1.58. The van der Waals surface area contributed by atoms with Crippen molar-refractivity contribution in [3.05, 3.63) is 29.2 Å². The molecule has 0 atom stereocenters. The van der Waals surface area contributed by atoms with E-state index in [0.717, 1.165) is 35.7 Å². The standard InChI is InChI=1S/C19H27FN4O2S2/c1-12(2)28(25,26)22-11-14-6-8-15(9-7-14)23-19-24-17(13(3)27-19)16-5-4-10-21-18(16)20/h4-5,10,12,14-15,22H,6-9,11H2,1-3H3,(H,23,24)/t14-,15-. The zero-order chi connectivity index (χ0) is 20.3. The fourth-order valence-corrected chi connectivity index (χ4v) is 5.06. The third kappa shape index (κ3) is 5.07. The van der Waals surface area contributed by atoms with Crippen LogP contribution in [0.1, 0.15) is 44.4 Å². The number of sulfonamides is 1. The first kappa shape index (κ1) is 21.1. The van der Waals surface area contributed by atoms with Crippen molar-refractivity contribution in [2.45, 2.75) is 57.7 Å². The molecular weight excluding hydrogens is 399 g/mol. The predicted octanol–water partition coefficient (Wildman–Crippen LogP) is 3.95. The molecule has 2 N–H and O–H groups in total. The zero-order valence-electron chi connectivity index (χ0n) is 16.4. The molecule has 0 saturated heterocycles. The molecule has 2 aromatic heterocycles. The Labute approximate surface area is 170 Å². The topological polar surface area (TPSA) is 84.0 Å². The zero-order valence-corrected chi connectivity index (χ0v) is 18.0. The van der Waals surface area contributed by atoms with Gasteiger partial charge in [0.1, 0.15) is 0 Å². The van der Waals surface area contributed by atoms with Gasteiger partial charge in [-0.05, 0) is 64.5 Å². The van der Waals surface area contributed by atoms with Crippen LogP contribution in [0.25, 0.3) is 11.3 Å². The molecule has 6 nitrogen and oxygen atoms in total. The molecule has 0 amide bonds. The summed E-state index contributed by atoms with van der Waals surface area (Å²) in [6.07, 6.45) is 5.28. The van der Waals surface area contributed by atoms with Gasteiger partial charge in [-0.3, -0.25) is 0 Å². The Kier molecular flexibility index (Phi) is 6.67. The highest BCUT2D eigenvalue weighted by Crippen LogP contribution is 2.33. The maximum atomic E-state index is 14.0. The highest BCUT2D eigenvalue weighted by Gasteiger charge is 2.24. The molecule has 1 saturated carbocycles. The molecule has 0 spiro atoms. The third-order valence-corrected chi connectivity index (χ3v) is 7.89. The van der Waals surface area contributed by atoms with Gasteiger partial charge >= 0.3 is 0 Å². The van der Waals surface area contributed by atoms with Gasteiger partial charge in [0.25, 0.3) is 0 Å². The minimum atomic E-state index is -3.20. The maximum Gasteiger partial charge on any atom is 0.222 e. The number of halogens is 1. The van der Waals surface area contributed by atoms with Crippen molar-refractivity contribution < 1.29 is 12.8 Å². The van der Waals surface area contributed by atoms with Crippen LogP contribution in [-0.2, 0) is 10.0 Å². The second-order valence-electron chi connectivity index (χ2n) is 7.57. The number of anilines is 1. The molecule has 0 aliphatic heterocycles. The first-order valence-corrected chi connectivity index (χ1v) is 12.0. The summed E-state index contributed by atoms with van der Waals surface area (Å²) in [5, 5.41) is 3.85. The number of aryl methyl sites for hydroxylation is 1. The van der Waals surface area contributed by atoms with Gasteiger partial charge in [0.05, 0.1) is 16.5 Å². The van der Waals surface area contributed by atoms with E-state index in [-0.39, 0.29) is 0 Å². The highest BCUT2D eigenvalue weighted by atomic mass is 32.2. The van der Waals surface area contributed by atoms with Gasteiger partial charge in [-0.25, -0.2) is 23.1 Å². The van der Waals surface area contributed by atoms with Gasteiger partial charge in [0.15, 0.2) is 5.13 Å². The van der Waals surface area contributed by atoms with Crippen LogP contribution in [0.5, 0.6) is 0 Å². The van der Waals surface area contributed by atoms with E-state index >= 15 is 0 Å². The molecule has 1 aliphatic carbocycles. The molecule has 0 unspecified atom stereocenters. The number of nitrogens with one attached hydrogen (secondary N) is 2. The number of hydrogen-bond acceptors (Lipinski definition) is 6. The Morgan fingerprint density at radius 2 is 2.00 bits per heavy atom. The summed E-state index contributed by atoms with van der Waals surface area (Å²) < 4.78 is 40.5. The molecule has 28 heavy (non-hydrogen) atoms. The molecule has 0 aromatic carbocycles. The number of hydrogen-bond donors (Lipinski definition) is 2. The summed E-state index contributed by atoms with van der Waals surface area (Å²) in [6, 6.07) is 3.70. The molecule has 0 bridgehead atoms. The van der Waals surface area contributed by atoms with E-state index in [1.54, 1.807) is 26.0 Å². The SMILES string of the molecule is Cc1sc(N[C@H]2CC[C@H](CNS(=O)(=O)C(C)C)CC2)nc1-c1cccnc1F. The van der Waals surface area contributed by atoms with E-state index in [1.807, 2.05) is 6.92 Å². The fraction of sp³-hybridized carbons (Fsp3) is 0.579. The van der Waals surface area contributed by atoms with Crippen molar-refractivity contribution in [3.8, 4) is 11.3 Å². The van der Waals surface area contributed by atoms with E-state index in [2.05, 4.69) is 20.0 Å². The molecule has 2 heterocycles. The Balaban J connectivity index is 1.54. The van der Waals surface area contributed by atoms with Gasteiger partial charge in [-0.2, -0.15) is 4.39 Å². The number of thiazole rings is 1. The second-order valence-corrected chi connectivity index (χ2v) is 11.1. The van der Waals surface area contributed by atoms with Crippen molar-refractivity contribution >= 4 is 26.5 Å². The van der Waals surface area contributed by atoms with Crippen LogP contribution in [0.2, 0.25) is 0 Å². The number of rotatable bonds is 7. The quantitative estimate of drug-likeness (QED) is 0.655. The summed E-state index contributed by atoms with van der Waals surface area (Å²) in [6.45, 7) is 5.81. The van der Waals surface area contributed by atoms with E-state index in [9.17, 15) is 12.8 Å². The van der Waals surface area contributed by atoms with Crippen molar-refractivity contribution in [3.63, 3.8) is 0 Å². The lowest BCUT2D eigenvalue weighted by molar-refractivity contribution is 0.337. The number of nitrogens with zero attached hydrogens (tertiary/aromatic N) is 2. The summed E-state index contributed by atoms with van der Waals surface area (Å²) in [5.74, 6) is -0.142. The maximum absolute atomic E-state index is 14.0. The lowest BCUT2D eigenvalue weighted by Crippen LogP contribution is -2.37. The van der Waals surface area contributed by atoms with E-state index in [4.69, 9.17) is 0 Å². The second kappa shape index (κ2) is 8.84. The van der Waals surface area contributed by atoms with Crippen LogP contribution in [0, 0.1) is 18.8 Å². The largest absolute Gasteiger partial charge is 0.359 e. The summed E-state index contributed by atoms with van der Waals surface area (Å²) >= 11 is 1.52. The Morgan fingerprint density at radius 1 is 1.29 bits per heavy atom. The summed E-state index contributed by atoms with van der Waals surface area (Å²) in [5.41, 5.74) is 1.06. The fourth-order valence-electron chi connectivity index (χ4n) is 3.36. The first-order valence-electron chi connectivity index (χ1n) is 9.59. The average molecular weight is 427 g/mol. The van der Waals surface area contributed by atoms with Gasteiger partial charge in [-0.15, -0.1) is 11.3 Å². The van der Waals surface area contributed by atoms with Crippen molar-refractivity contribution in [1.29, 1.82) is 0 Å². The van der Waals surface area contributed by atoms with Gasteiger partial charge in [0.2, 0.25) is 16.0 Å². The number of aromatic nitrogens is 2. The van der Waals surface area contributed by atoms with E-state index in [1.165, 1.54) is 17.5 Å². The van der Waals surface area contributed by atoms with Crippen LogP contribution < -0.4 is 10.0 Å². The molecular formula is C19H27FN4O2S2. The van der Waals surface area contributed by atoms with Gasteiger partial charge < -0.3 is 5.32 Å². The predicted molar refractivity (Wildman–Crippen MR) is 111 cm³/mol. The highest BCUT2D eigenvalue weighted by molar-refractivity contribution is 7.90. The summed E-state index contributed by atoms with van der Waals surface area (Å²) in [7, 11) is -3.20. The molecule has 1 aliphatic rings. The molecule has 2 aromatic rings. The van der Waals surface area contributed by atoms with Crippen LogP contribution in [0.15, 0.2) is 18.3 Å². The molecule has 0 radical (unpaired) electrons. The van der Waals surface area contributed by atoms with Crippen LogP contribution in [0.4, 0.5) is 9.52 Å². The van der Waals surface area contributed by atoms with E-state index < -0.39 is 21.2 Å². The minimum absolute atomic E-state index is 0.301. The lowest BCUT2D eigenvalue weighted by Gasteiger charge is -2.29. The van der Waals surface area contributed by atoms with Crippen molar-refractivity contribution in [2.75, 3.05) is 11.9 Å². The molecule has 3 rings (SSSR count). The molecule has 1 fully saturated rings. The molecule has 154 valence electrons. The van der Waals surface area contributed by atoms with Crippen molar-refractivity contribution in [2.24, 2.45) is 5.92 Å². The summed E-state index contributed by atoms with van der Waals surface area (Å²) in [4.78, 5) is 9.23. The molecule has 9 heteroatoms. The van der Waals surface area contributed by atoms with Crippen LogP contribution in [0.3, 0.4) is 0 Å². The number of pyridine rings is 1. The monoisotopic (exact) mass is 426 g/mol. The minimum Gasteiger partial charge on any atom is -0.359 e. The van der Waals surface area contributed by atoms with Gasteiger partial charge in [-0.1, -0.05) is 0 Å². The van der Waals surface area contributed by atoms with Crippen molar-refractivity contribution in [1.82, 2.24) is 14.7 Å². The van der Waals surface area contributed by atoms with Crippen LogP contribution in [-0.4, -0.2) is 36.2 Å². The Bertz CT molecular complexity index is 906. The first-order chi connectivity index (χ1) is 13.3. The van der Waals surface area contributed by atoms with Gasteiger partial charge in [0, 0.05) is 23.7 Å². The smallest absolute Gasteiger partial charge is 0.222 e. The average Bonchev–Trinajstić information content (AvgIpc) is 3.01.